The number of allylic oxidation sites excluding steroid dienone is 3. The molecule has 1 aliphatic rings. The first-order valence-corrected chi connectivity index (χ1v) is 9.38. The van der Waals surface area contributed by atoms with Gasteiger partial charge in [-0.15, -0.1) is 0 Å². The number of alkyl halides is 2. The molecule has 1 aromatic rings. The number of nitrogens with two attached hydrogens (primary N) is 1. The van der Waals surface area contributed by atoms with Crippen LogP contribution in [-0.2, 0) is 10.3 Å². The third-order valence-electron chi connectivity index (χ3n) is 5.11. The van der Waals surface area contributed by atoms with Crippen molar-refractivity contribution in [1.82, 2.24) is 4.90 Å². The summed E-state index contributed by atoms with van der Waals surface area (Å²) in [6.07, 6.45) is 2.07. The van der Waals surface area contributed by atoms with Crippen LogP contribution in [0.5, 0.6) is 0 Å². The second-order valence-corrected chi connectivity index (χ2v) is 7.68. The third kappa shape index (κ3) is 5.02. The van der Waals surface area contributed by atoms with Gasteiger partial charge in [-0.25, -0.2) is 18.2 Å². The van der Waals surface area contributed by atoms with Crippen molar-refractivity contribution in [3.8, 4) is 0 Å². The van der Waals surface area contributed by atoms with Gasteiger partial charge in [-0.2, -0.15) is 0 Å². The molecule has 0 amide bonds. The highest BCUT2D eigenvalue weighted by Gasteiger charge is 2.40. The Morgan fingerprint density at radius 2 is 1.93 bits per heavy atom. The fraction of sp³-hybridized carbons (Fsp3) is 0.409. The van der Waals surface area contributed by atoms with Crippen LogP contribution in [0.15, 0.2) is 53.8 Å². The van der Waals surface area contributed by atoms with E-state index in [2.05, 4.69) is 11.6 Å². The fourth-order valence-electron chi connectivity index (χ4n) is 2.70. The second-order valence-electron chi connectivity index (χ2n) is 7.68. The summed E-state index contributed by atoms with van der Waals surface area (Å²) < 4.78 is 48.2. The van der Waals surface area contributed by atoms with Crippen molar-refractivity contribution in [3.05, 3.63) is 65.8 Å². The maximum Gasteiger partial charge on any atom is 0.283 e. The SMILES string of the molecule is C=C1C=C(c2ccc(F)c(C(C)(N=C(N)O[C@H](C)C(C)C)C(F)F)c2)C=CN1C. The van der Waals surface area contributed by atoms with E-state index in [1.807, 2.05) is 25.8 Å². The highest BCUT2D eigenvalue weighted by atomic mass is 19.3. The number of ether oxygens (including phenoxy) is 1. The van der Waals surface area contributed by atoms with Gasteiger partial charge in [0.25, 0.3) is 12.4 Å². The molecular formula is C22H28F3N3O. The van der Waals surface area contributed by atoms with E-state index < -0.39 is 23.8 Å². The van der Waals surface area contributed by atoms with Crippen LogP contribution in [0.3, 0.4) is 0 Å². The van der Waals surface area contributed by atoms with Gasteiger partial charge in [0.15, 0.2) is 5.54 Å². The summed E-state index contributed by atoms with van der Waals surface area (Å²) in [7, 11) is 1.84. The maximum atomic E-state index is 14.6. The van der Waals surface area contributed by atoms with E-state index in [1.54, 1.807) is 25.3 Å². The van der Waals surface area contributed by atoms with Crippen LogP contribution in [-0.4, -0.2) is 30.5 Å². The van der Waals surface area contributed by atoms with Crippen molar-refractivity contribution in [2.75, 3.05) is 7.05 Å². The average molecular weight is 407 g/mol. The van der Waals surface area contributed by atoms with Gasteiger partial charge in [-0.3, -0.25) is 0 Å². The Morgan fingerprint density at radius 1 is 1.28 bits per heavy atom. The molecule has 0 aliphatic carbocycles. The van der Waals surface area contributed by atoms with Crippen molar-refractivity contribution in [2.45, 2.75) is 45.8 Å². The van der Waals surface area contributed by atoms with Gasteiger partial charge in [0.1, 0.15) is 11.9 Å². The first kappa shape index (κ1) is 22.6. The third-order valence-corrected chi connectivity index (χ3v) is 5.11. The van der Waals surface area contributed by atoms with E-state index in [1.165, 1.54) is 12.1 Å². The van der Waals surface area contributed by atoms with Gasteiger partial charge in [0, 0.05) is 24.5 Å². The van der Waals surface area contributed by atoms with Gasteiger partial charge < -0.3 is 15.4 Å². The van der Waals surface area contributed by atoms with E-state index in [4.69, 9.17) is 10.5 Å². The molecule has 1 heterocycles. The zero-order valence-corrected chi connectivity index (χ0v) is 17.4. The molecule has 2 atom stereocenters. The average Bonchev–Trinajstić information content (AvgIpc) is 2.63. The monoisotopic (exact) mass is 407 g/mol. The van der Waals surface area contributed by atoms with Crippen LogP contribution in [0.4, 0.5) is 13.2 Å². The number of halogens is 3. The Hall–Kier alpha value is -2.70. The van der Waals surface area contributed by atoms with E-state index in [9.17, 15) is 13.2 Å². The lowest BCUT2D eigenvalue weighted by atomic mass is 9.89. The van der Waals surface area contributed by atoms with Crippen LogP contribution in [0.1, 0.15) is 38.8 Å². The molecule has 0 spiro atoms. The van der Waals surface area contributed by atoms with Gasteiger partial charge in [-0.05, 0) is 55.2 Å². The van der Waals surface area contributed by atoms with E-state index in [0.29, 0.717) is 5.56 Å². The largest absolute Gasteiger partial charge is 0.462 e. The molecule has 1 aliphatic heterocycles. The smallest absolute Gasteiger partial charge is 0.283 e. The number of nitrogens with zero attached hydrogens (tertiary/aromatic N) is 2. The molecule has 0 aromatic heterocycles. The molecule has 158 valence electrons. The van der Waals surface area contributed by atoms with Crippen molar-refractivity contribution in [2.24, 2.45) is 16.6 Å². The summed E-state index contributed by atoms with van der Waals surface area (Å²) in [5.41, 5.74) is 5.34. The minimum atomic E-state index is -3.00. The molecular weight excluding hydrogens is 379 g/mol. The lowest BCUT2D eigenvalue weighted by molar-refractivity contribution is 0.0579. The first-order chi connectivity index (χ1) is 13.5. The molecule has 1 unspecified atom stereocenters. The lowest BCUT2D eigenvalue weighted by Gasteiger charge is -2.28. The van der Waals surface area contributed by atoms with Gasteiger partial charge in [0.05, 0.1) is 0 Å². The first-order valence-electron chi connectivity index (χ1n) is 9.38. The zero-order valence-electron chi connectivity index (χ0n) is 17.4. The summed E-state index contributed by atoms with van der Waals surface area (Å²) in [6.45, 7) is 10.6. The number of aliphatic imine (C=N–C) groups is 1. The zero-order chi connectivity index (χ0) is 21.9. The minimum absolute atomic E-state index is 0.109. The molecule has 0 saturated carbocycles. The molecule has 29 heavy (non-hydrogen) atoms. The van der Waals surface area contributed by atoms with Crippen LogP contribution < -0.4 is 5.73 Å². The highest BCUT2D eigenvalue weighted by Crippen LogP contribution is 2.36. The van der Waals surface area contributed by atoms with E-state index in [0.717, 1.165) is 24.3 Å². The lowest BCUT2D eigenvalue weighted by Crippen LogP contribution is -2.35. The Bertz CT molecular complexity index is 861. The Kier molecular flexibility index (Phi) is 6.82. The summed E-state index contributed by atoms with van der Waals surface area (Å²) in [6, 6.07) is 3.67. The number of likely N-dealkylation sites (N-methyl/N-ethyl adjacent to an activating group) is 1. The molecule has 1 aromatic carbocycles. The Morgan fingerprint density at radius 3 is 2.48 bits per heavy atom. The molecule has 2 N–H and O–H groups in total. The van der Waals surface area contributed by atoms with Crippen molar-refractivity contribution >= 4 is 11.6 Å². The van der Waals surface area contributed by atoms with E-state index in [-0.39, 0.29) is 17.6 Å². The number of hydrogen-bond donors (Lipinski definition) is 1. The predicted molar refractivity (Wildman–Crippen MR) is 111 cm³/mol. The van der Waals surface area contributed by atoms with Gasteiger partial charge >= 0.3 is 0 Å². The Labute approximate surface area is 170 Å². The van der Waals surface area contributed by atoms with E-state index >= 15 is 0 Å². The summed E-state index contributed by atoms with van der Waals surface area (Å²) >= 11 is 0. The normalized spacial score (nSPS) is 18.1. The maximum absolute atomic E-state index is 14.6. The van der Waals surface area contributed by atoms with Crippen molar-refractivity contribution < 1.29 is 17.9 Å². The van der Waals surface area contributed by atoms with Gasteiger partial charge in [0.2, 0.25) is 0 Å². The summed E-state index contributed by atoms with van der Waals surface area (Å²) in [4.78, 5) is 5.71. The molecule has 7 heteroatoms. The van der Waals surface area contributed by atoms with Gasteiger partial charge in [-0.1, -0.05) is 26.5 Å². The van der Waals surface area contributed by atoms with Crippen LogP contribution in [0.25, 0.3) is 5.57 Å². The number of amidine groups is 1. The summed E-state index contributed by atoms with van der Waals surface area (Å²) in [5, 5.41) is 0. The topological polar surface area (TPSA) is 50.9 Å². The highest BCUT2D eigenvalue weighted by molar-refractivity contribution is 5.78. The Balaban J connectivity index is 2.49. The fourth-order valence-corrected chi connectivity index (χ4v) is 2.70. The predicted octanol–water partition coefficient (Wildman–Crippen LogP) is 5.04. The number of benzene rings is 1. The molecule has 0 fully saturated rings. The molecule has 2 rings (SSSR count). The summed E-state index contributed by atoms with van der Waals surface area (Å²) in [5.74, 6) is -0.681. The second kappa shape index (κ2) is 8.76. The minimum Gasteiger partial charge on any atom is -0.462 e. The number of rotatable bonds is 6. The van der Waals surface area contributed by atoms with Crippen LogP contribution in [0, 0.1) is 11.7 Å². The molecule has 0 bridgehead atoms. The van der Waals surface area contributed by atoms with Crippen molar-refractivity contribution in [3.63, 3.8) is 0 Å². The van der Waals surface area contributed by atoms with Crippen LogP contribution >= 0.6 is 0 Å². The number of hydrogen-bond acceptors (Lipinski definition) is 3. The standard InChI is InChI=1S/C22H28F3N3O/c1-13(2)15(4)29-21(26)27-22(5,20(24)25)18-12-16(7-8-19(18)23)17-9-10-28(6)14(3)11-17/h7-13,15,20H,3H2,1-2,4-6H3,(H2,26,27)/t15-,22?/m1/s1. The molecule has 4 nitrogen and oxygen atoms in total. The van der Waals surface area contributed by atoms with Crippen molar-refractivity contribution in [1.29, 1.82) is 0 Å². The van der Waals surface area contributed by atoms with Crippen LogP contribution in [0.2, 0.25) is 0 Å². The molecule has 0 saturated heterocycles. The molecule has 0 radical (unpaired) electrons. The quantitative estimate of drug-likeness (QED) is 0.531.